The Morgan fingerprint density at radius 2 is 2.00 bits per heavy atom. The SMILES string of the molecule is COc1cc2c(Oc3ccc(NC(=O)NCC4CCOC4)c(Cl)c3)ncnc2cc1OCCCOC1COC1. The Bertz CT molecular complexity index is 1280. The molecule has 2 aliphatic rings. The van der Waals surface area contributed by atoms with E-state index in [4.69, 9.17) is 40.0 Å². The van der Waals surface area contributed by atoms with E-state index in [1.165, 1.54) is 6.33 Å². The molecule has 1 aromatic heterocycles. The topological polar surface area (TPSA) is 122 Å². The van der Waals surface area contributed by atoms with Gasteiger partial charge in [0, 0.05) is 37.6 Å². The fourth-order valence-corrected chi connectivity index (χ4v) is 4.33. The molecule has 5 rings (SSSR count). The number of nitrogens with zero attached hydrogens (tertiary/aromatic N) is 2. The molecule has 2 aromatic carbocycles. The van der Waals surface area contributed by atoms with Crippen molar-refractivity contribution in [3.05, 3.63) is 41.7 Å². The largest absolute Gasteiger partial charge is 0.493 e. The van der Waals surface area contributed by atoms with E-state index in [9.17, 15) is 4.79 Å². The van der Waals surface area contributed by atoms with Crippen LogP contribution in [0.15, 0.2) is 36.7 Å². The standard InChI is InChI=1S/C27H31ClN4O7/c1-34-24-10-20-23(11-25(24)38-7-2-6-37-19-14-36-15-19)30-16-31-26(20)39-18-3-4-22(21(28)9-18)32-27(33)29-12-17-5-8-35-13-17/h3-4,9-11,16-17,19H,2,5-8,12-15H2,1H3,(H2,29,32,33). The summed E-state index contributed by atoms with van der Waals surface area (Å²) in [5, 5.41) is 6.58. The highest BCUT2D eigenvalue weighted by Crippen LogP contribution is 2.37. The van der Waals surface area contributed by atoms with Crippen molar-refractivity contribution in [3.8, 4) is 23.1 Å². The fourth-order valence-electron chi connectivity index (χ4n) is 4.12. The molecule has 3 aromatic rings. The molecule has 0 radical (unpaired) electrons. The summed E-state index contributed by atoms with van der Waals surface area (Å²) in [6, 6.07) is 8.23. The molecule has 2 fully saturated rings. The first kappa shape index (κ1) is 27.2. The number of hydrogen-bond acceptors (Lipinski definition) is 9. The number of halogens is 1. The number of carbonyl (C=O) groups is 1. The molecule has 1 atom stereocenters. The molecule has 208 valence electrons. The highest BCUT2D eigenvalue weighted by atomic mass is 35.5. The van der Waals surface area contributed by atoms with Crippen molar-refractivity contribution in [3.63, 3.8) is 0 Å². The number of benzene rings is 2. The van der Waals surface area contributed by atoms with E-state index >= 15 is 0 Å². The molecule has 0 saturated carbocycles. The van der Waals surface area contributed by atoms with Crippen LogP contribution in [0.4, 0.5) is 10.5 Å². The van der Waals surface area contributed by atoms with Gasteiger partial charge in [-0.3, -0.25) is 0 Å². The third kappa shape index (κ3) is 7.18. The summed E-state index contributed by atoms with van der Waals surface area (Å²) in [5.41, 5.74) is 1.10. The molecule has 0 aliphatic carbocycles. The second-order valence-corrected chi connectivity index (χ2v) is 9.65. The molecule has 3 heterocycles. The van der Waals surface area contributed by atoms with Crippen LogP contribution in [0, 0.1) is 5.92 Å². The molecular weight excluding hydrogens is 528 g/mol. The Morgan fingerprint density at radius 1 is 1.10 bits per heavy atom. The molecule has 2 N–H and O–H groups in total. The quantitative estimate of drug-likeness (QED) is 0.311. The van der Waals surface area contributed by atoms with Crippen LogP contribution in [0.2, 0.25) is 5.02 Å². The minimum absolute atomic E-state index is 0.194. The first-order valence-electron chi connectivity index (χ1n) is 12.8. The number of aromatic nitrogens is 2. The predicted molar refractivity (Wildman–Crippen MR) is 144 cm³/mol. The van der Waals surface area contributed by atoms with Crippen LogP contribution in [0.5, 0.6) is 23.1 Å². The van der Waals surface area contributed by atoms with Crippen LogP contribution in [0.3, 0.4) is 0 Å². The zero-order valence-corrected chi connectivity index (χ0v) is 22.4. The molecule has 2 amide bonds. The Balaban J connectivity index is 1.21. The zero-order valence-electron chi connectivity index (χ0n) is 21.6. The van der Waals surface area contributed by atoms with Gasteiger partial charge in [0.15, 0.2) is 11.5 Å². The van der Waals surface area contributed by atoms with Crippen molar-refractivity contribution in [2.75, 3.05) is 58.6 Å². The van der Waals surface area contributed by atoms with Crippen LogP contribution in [-0.4, -0.2) is 75.4 Å². The Morgan fingerprint density at radius 3 is 2.74 bits per heavy atom. The van der Waals surface area contributed by atoms with E-state index in [-0.39, 0.29) is 12.1 Å². The van der Waals surface area contributed by atoms with Gasteiger partial charge in [-0.2, -0.15) is 0 Å². The minimum Gasteiger partial charge on any atom is -0.493 e. The zero-order chi connectivity index (χ0) is 27.0. The maximum atomic E-state index is 12.3. The first-order chi connectivity index (χ1) is 19.1. The van der Waals surface area contributed by atoms with E-state index in [0.29, 0.717) is 90.2 Å². The van der Waals surface area contributed by atoms with Gasteiger partial charge in [-0.05, 0) is 24.6 Å². The number of amides is 2. The van der Waals surface area contributed by atoms with Crippen LogP contribution < -0.4 is 24.8 Å². The summed E-state index contributed by atoms with van der Waals surface area (Å²) >= 11 is 6.43. The van der Waals surface area contributed by atoms with Gasteiger partial charge in [0.1, 0.15) is 18.2 Å². The Kier molecular flexibility index (Phi) is 9.15. The molecule has 39 heavy (non-hydrogen) atoms. The van der Waals surface area contributed by atoms with Crippen molar-refractivity contribution in [1.29, 1.82) is 0 Å². The van der Waals surface area contributed by atoms with Gasteiger partial charge in [-0.1, -0.05) is 11.6 Å². The smallest absolute Gasteiger partial charge is 0.319 e. The molecule has 0 bridgehead atoms. The molecule has 1 unspecified atom stereocenters. The lowest BCUT2D eigenvalue weighted by Gasteiger charge is -2.25. The van der Waals surface area contributed by atoms with Crippen molar-refractivity contribution in [2.45, 2.75) is 18.9 Å². The van der Waals surface area contributed by atoms with Gasteiger partial charge in [-0.15, -0.1) is 0 Å². The molecule has 12 heteroatoms. The lowest BCUT2D eigenvalue weighted by molar-refractivity contribution is -0.130. The monoisotopic (exact) mass is 558 g/mol. The number of ether oxygens (including phenoxy) is 6. The number of methoxy groups -OCH3 is 1. The summed E-state index contributed by atoms with van der Waals surface area (Å²) in [7, 11) is 1.57. The van der Waals surface area contributed by atoms with E-state index in [2.05, 4.69) is 20.6 Å². The number of nitrogens with one attached hydrogen (secondary N) is 2. The number of urea groups is 1. The molecule has 11 nitrogen and oxygen atoms in total. The minimum atomic E-state index is -0.329. The average Bonchev–Trinajstić information content (AvgIpc) is 3.43. The number of fused-ring (bicyclic) bond motifs is 1. The van der Waals surface area contributed by atoms with Crippen LogP contribution in [0.1, 0.15) is 12.8 Å². The average molecular weight is 559 g/mol. The van der Waals surface area contributed by atoms with Gasteiger partial charge < -0.3 is 39.1 Å². The lowest BCUT2D eigenvalue weighted by atomic mass is 10.1. The van der Waals surface area contributed by atoms with Gasteiger partial charge >= 0.3 is 6.03 Å². The Hall–Kier alpha value is -3.38. The summed E-state index contributed by atoms with van der Waals surface area (Å²) in [6.07, 6.45) is 3.29. The van der Waals surface area contributed by atoms with E-state index in [1.54, 1.807) is 37.4 Å². The second-order valence-electron chi connectivity index (χ2n) is 9.24. The number of rotatable bonds is 12. The van der Waals surface area contributed by atoms with Gasteiger partial charge in [0.25, 0.3) is 0 Å². The maximum Gasteiger partial charge on any atom is 0.319 e. The molecule has 2 aliphatic heterocycles. The second kappa shape index (κ2) is 13.1. The van der Waals surface area contributed by atoms with Gasteiger partial charge in [0.2, 0.25) is 5.88 Å². The summed E-state index contributed by atoms with van der Waals surface area (Å²) < 4.78 is 33.6. The summed E-state index contributed by atoms with van der Waals surface area (Å²) in [5.74, 6) is 2.21. The Labute approximate surface area is 231 Å². The van der Waals surface area contributed by atoms with E-state index in [0.717, 1.165) is 19.4 Å². The normalized spacial score (nSPS) is 17.0. The van der Waals surface area contributed by atoms with E-state index < -0.39 is 0 Å². The third-order valence-electron chi connectivity index (χ3n) is 6.37. The summed E-state index contributed by atoms with van der Waals surface area (Å²) in [4.78, 5) is 20.9. The van der Waals surface area contributed by atoms with Crippen molar-refractivity contribution in [2.24, 2.45) is 5.92 Å². The first-order valence-corrected chi connectivity index (χ1v) is 13.2. The predicted octanol–water partition coefficient (Wildman–Crippen LogP) is 4.43. The molecular formula is C27H31ClN4O7. The van der Waals surface area contributed by atoms with Crippen molar-refractivity contribution >= 4 is 34.2 Å². The molecule has 2 saturated heterocycles. The van der Waals surface area contributed by atoms with Crippen LogP contribution >= 0.6 is 11.6 Å². The van der Waals surface area contributed by atoms with Crippen molar-refractivity contribution < 1.29 is 33.2 Å². The van der Waals surface area contributed by atoms with E-state index in [1.807, 2.05) is 0 Å². The third-order valence-corrected chi connectivity index (χ3v) is 6.68. The van der Waals surface area contributed by atoms with Gasteiger partial charge in [0.05, 0.1) is 61.8 Å². The number of carbonyl (C=O) groups excluding carboxylic acids is 1. The lowest BCUT2D eigenvalue weighted by Crippen LogP contribution is -2.36. The highest BCUT2D eigenvalue weighted by Gasteiger charge is 2.19. The summed E-state index contributed by atoms with van der Waals surface area (Å²) in [6.45, 7) is 4.33. The number of hydrogen-bond donors (Lipinski definition) is 2. The van der Waals surface area contributed by atoms with Crippen molar-refractivity contribution in [1.82, 2.24) is 15.3 Å². The van der Waals surface area contributed by atoms with Crippen LogP contribution in [0.25, 0.3) is 10.9 Å². The highest BCUT2D eigenvalue weighted by molar-refractivity contribution is 6.33. The molecule has 0 spiro atoms. The number of anilines is 1. The fraction of sp³-hybridized carbons (Fsp3) is 0.444. The maximum absolute atomic E-state index is 12.3. The van der Waals surface area contributed by atoms with Crippen LogP contribution in [-0.2, 0) is 14.2 Å². The van der Waals surface area contributed by atoms with Gasteiger partial charge in [-0.25, -0.2) is 14.8 Å².